The lowest BCUT2D eigenvalue weighted by Crippen LogP contribution is -2.51. The van der Waals surface area contributed by atoms with Crippen molar-refractivity contribution in [3.63, 3.8) is 0 Å². The molecule has 3 heteroatoms. The molecule has 0 spiro atoms. The highest BCUT2D eigenvalue weighted by Gasteiger charge is 2.38. The number of rotatable bonds is 4. The van der Waals surface area contributed by atoms with Gasteiger partial charge >= 0.3 is 0 Å². The third-order valence-electron chi connectivity index (χ3n) is 3.89. The van der Waals surface area contributed by atoms with Gasteiger partial charge in [0.05, 0.1) is 0 Å². The maximum Gasteiger partial charge on any atom is 0.242 e. The van der Waals surface area contributed by atoms with Crippen LogP contribution in [0.3, 0.4) is 0 Å². The molecule has 1 saturated carbocycles. The standard InChI is InChI=1S/C16H24N2O/c1-15(2,3)11-5-7-12(8-6-11)16(4,14(17)19)18-13-9-10-13/h5-8,13,18H,9-10H2,1-4H3,(H2,17,19). The highest BCUT2D eigenvalue weighted by atomic mass is 16.1. The van der Waals surface area contributed by atoms with Crippen LogP contribution in [0.4, 0.5) is 0 Å². The number of nitrogens with two attached hydrogens (primary N) is 1. The zero-order valence-corrected chi connectivity index (χ0v) is 12.3. The van der Waals surface area contributed by atoms with Crippen molar-refractivity contribution in [1.82, 2.24) is 5.32 Å². The number of primary amides is 1. The molecule has 0 aromatic heterocycles. The molecular weight excluding hydrogens is 236 g/mol. The molecule has 1 fully saturated rings. The van der Waals surface area contributed by atoms with Crippen LogP contribution in [0.1, 0.15) is 51.7 Å². The van der Waals surface area contributed by atoms with Crippen molar-refractivity contribution in [3.8, 4) is 0 Å². The molecule has 19 heavy (non-hydrogen) atoms. The lowest BCUT2D eigenvalue weighted by molar-refractivity contribution is -0.124. The van der Waals surface area contributed by atoms with Crippen molar-refractivity contribution in [2.24, 2.45) is 5.73 Å². The Bertz CT molecular complexity index is 469. The van der Waals surface area contributed by atoms with E-state index >= 15 is 0 Å². The predicted octanol–water partition coefficient (Wildman–Crippen LogP) is 2.44. The molecule has 0 saturated heterocycles. The Hall–Kier alpha value is -1.35. The molecule has 1 aromatic carbocycles. The molecule has 0 heterocycles. The maximum absolute atomic E-state index is 11.8. The summed E-state index contributed by atoms with van der Waals surface area (Å²) in [5.74, 6) is -0.317. The number of amides is 1. The van der Waals surface area contributed by atoms with Gasteiger partial charge in [0.2, 0.25) is 5.91 Å². The van der Waals surface area contributed by atoms with Crippen molar-refractivity contribution in [1.29, 1.82) is 0 Å². The fraction of sp³-hybridized carbons (Fsp3) is 0.562. The van der Waals surface area contributed by atoms with E-state index in [1.807, 2.05) is 19.1 Å². The van der Waals surface area contributed by atoms with E-state index in [0.717, 1.165) is 18.4 Å². The van der Waals surface area contributed by atoms with E-state index in [2.05, 4.69) is 38.2 Å². The van der Waals surface area contributed by atoms with Gasteiger partial charge in [-0.25, -0.2) is 0 Å². The van der Waals surface area contributed by atoms with Crippen molar-refractivity contribution in [2.45, 2.75) is 57.5 Å². The van der Waals surface area contributed by atoms with Gasteiger partial charge in [0.25, 0.3) is 0 Å². The number of hydrogen-bond acceptors (Lipinski definition) is 2. The number of carbonyl (C=O) groups excluding carboxylic acids is 1. The van der Waals surface area contributed by atoms with Crippen LogP contribution in [0.15, 0.2) is 24.3 Å². The Kier molecular flexibility index (Phi) is 3.43. The van der Waals surface area contributed by atoms with E-state index in [9.17, 15) is 4.79 Å². The van der Waals surface area contributed by atoms with Gasteiger partial charge in [0, 0.05) is 6.04 Å². The number of benzene rings is 1. The predicted molar refractivity (Wildman–Crippen MR) is 77.8 cm³/mol. The minimum atomic E-state index is -0.766. The van der Waals surface area contributed by atoms with Crippen molar-refractivity contribution in [2.75, 3.05) is 0 Å². The van der Waals surface area contributed by atoms with Crippen LogP contribution in [0.2, 0.25) is 0 Å². The van der Waals surface area contributed by atoms with Crippen LogP contribution in [0, 0.1) is 0 Å². The summed E-state index contributed by atoms with van der Waals surface area (Å²) in [6, 6.07) is 8.64. The van der Waals surface area contributed by atoms with Gasteiger partial charge in [-0.1, -0.05) is 45.0 Å². The second kappa shape index (κ2) is 4.64. The van der Waals surface area contributed by atoms with Gasteiger partial charge in [-0.2, -0.15) is 0 Å². The fourth-order valence-electron chi connectivity index (χ4n) is 2.24. The summed E-state index contributed by atoms with van der Waals surface area (Å²) in [7, 11) is 0. The average molecular weight is 260 g/mol. The Morgan fingerprint density at radius 1 is 1.11 bits per heavy atom. The minimum Gasteiger partial charge on any atom is -0.368 e. The monoisotopic (exact) mass is 260 g/mol. The topological polar surface area (TPSA) is 55.1 Å². The Labute approximate surface area is 115 Å². The second-order valence-electron chi connectivity index (χ2n) is 6.74. The summed E-state index contributed by atoms with van der Waals surface area (Å²) in [4.78, 5) is 11.8. The van der Waals surface area contributed by atoms with E-state index in [-0.39, 0.29) is 11.3 Å². The third kappa shape index (κ3) is 2.98. The van der Waals surface area contributed by atoms with E-state index < -0.39 is 5.54 Å². The first-order valence-electron chi connectivity index (χ1n) is 6.92. The van der Waals surface area contributed by atoms with Crippen molar-refractivity contribution < 1.29 is 4.79 Å². The summed E-state index contributed by atoms with van der Waals surface area (Å²) >= 11 is 0. The smallest absolute Gasteiger partial charge is 0.242 e. The van der Waals surface area contributed by atoms with Crippen LogP contribution >= 0.6 is 0 Å². The Morgan fingerprint density at radius 3 is 1.95 bits per heavy atom. The minimum absolute atomic E-state index is 0.117. The summed E-state index contributed by atoms with van der Waals surface area (Å²) < 4.78 is 0. The van der Waals surface area contributed by atoms with Gasteiger partial charge in [0.15, 0.2) is 0 Å². The first-order chi connectivity index (χ1) is 8.73. The number of hydrogen-bond donors (Lipinski definition) is 2. The van der Waals surface area contributed by atoms with Crippen LogP contribution < -0.4 is 11.1 Å². The third-order valence-corrected chi connectivity index (χ3v) is 3.89. The molecule has 1 unspecified atom stereocenters. The molecule has 1 amide bonds. The quantitative estimate of drug-likeness (QED) is 0.873. The summed E-state index contributed by atoms with van der Waals surface area (Å²) in [5.41, 5.74) is 7.15. The van der Waals surface area contributed by atoms with Gasteiger partial charge < -0.3 is 5.73 Å². The summed E-state index contributed by atoms with van der Waals surface area (Å²) in [6.07, 6.45) is 2.26. The van der Waals surface area contributed by atoms with E-state index in [1.165, 1.54) is 5.56 Å². The Balaban J connectivity index is 2.29. The summed E-state index contributed by atoms with van der Waals surface area (Å²) in [6.45, 7) is 8.41. The lowest BCUT2D eigenvalue weighted by atomic mass is 9.84. The zero-order chi connectivity index (χ0) is 14.3. The van der Waals surface area contributed by atoms with E-state index in [1.54, 1.807) is 0 Å². The Morgan fingerprint density at radius 2 is 1.58 bits per heavy atom. The molecule has 1 aromatic rings. The molecule has 1 aliphatic rings. The number of carbonyl (C=O) groups is 1. The van der Waals surface area contributed by atoms with Gasteiger partial charge in [-0.05, 0) is 36.3 Å². The molecular formula is C16H24N2O. The molecule has 2 rings (SSSR count). The first-order valence-corrected chi connectivity index (χ1v) is 6.92. The summed E-state index contributed by atoms with van der Waals surface area (Å²) in [5, 5.41) is 3.37. The van der Waals surface area contributed by atoms with E-state index in [4.69, 9.17) is 5.73 Å². The average Bonchev–Trinajstić information content (AvgIpc) is 3.11. The normalized spacial score (nSPS) is 18.9. The van der Waals surface area contributed by atoms with Crippen LogP contribution in [0.5, 0.6) is 0 Å². The molecule has 1 aliphatic carbocycles. The van der Waals surface area contributed by atoms with Gasteiger partial charge in [-0.15, -0.1) is 0 Å². The molecule has 3 nitrogen and oxygen atoms in total. The molecule has 0 aliphatic heterocycles. The van der Waals surface area contributed by atoms with Crippen LogP contribution in [0.25, 0.3) is 0 Å². The van der Waals surface area contributed by atoms with E-state index in [0.29, 0.717) is 6.04 Å². The first kappa shape index (κ1) is 14.1. The highest BCUT2D eigenvalue weighted by molar-refractivity contribution is 5.85. The zero-order valence-electron chi connectivity index (χ0n) is 12.3. The van der Waals surface area contributed by atoms with Crippen molar-refractivity contribution in [3.05, 3.63) is 35.4 Å². The van der Waals surface area contributed by atoms with Gasteiger partial charge in [0.1, 0.15) is 5.54 Å². The molecule has 1 atom stereocenters. The molecule has 0 radical (unpaired) electrons. The largest absolute Gasteiger partial charge is 0.368 e. The fourth-order valence-corrected chi connectivity index (χ4v) is 2.24. The van der Waals surface area contributed by atoms with Crippen molar-refractivity contribution >= 4 is 5.91 Å². The number of nitrogens with one attached hydrogen (secondary N) is 1. The second-order valence-corrected chi connectivity index (χ2v) is 6.74. The SMILES string of the molecule is CC(C)(C)c1ccc(C(C)(NC2CC2)C(N)=O)cc1. The molecule has 0 bridgehead atoms. The van der Waals surface area contributed by atoms with Crippen LogP contribution in [-0.2, 0) is 15.7 Å². The maximum atomic E-state index is 11.8. The lowest BCUT2D eigenvalue weighted by Gasteiger charge is -2.29. The molecule has 104 valence electrons. The highest BCUT2D eigenvalue weighted by Crippen LogP contribution is 2.30. The molecule has 3 N–H and O–H groups in total. The van der Waals surface area contributed by atoms with Gasteiger partial charge in [-0.3, -0.25) is 10.1 Å². The van der Waals surface area contributed by atoms with Crippen LogP contribution in [-0.4, -0.2) is 11.9 Å².